The summed E-state index contributed by atoms with van der Waals surface area (Å²) in [6.07, 6.45) is 2.05. The van der Waals surface area contributed by atoms with Crippen molar-refractivity contribution < 1.29 is 4.74 Å². The summed E-state index contributed by atoms with van der Waals surface area (Å²) in [6.45, 7) is 11.5. The smallest absolute Gasteiger partial charge is 0.108 e. The van der Waals surface area contributed by atoms with Crippen LogP contribution in [0.2, 0.25) is 0 Å². The molecule has 2 rings (SSSR count). The molecule has 2 heterocycles. The summed E-state index contributed by atoms with van der Waals surface area (Å²) in [5, 5.41) is 0. The van der Waals surface area contributed by atoms with Gasteiger partial charge in [-0.1, -0.05) is 0 Å². The lowest BCUT2D eigenvalue weighted by molar-refractivity contribution is -0.0598. The van der Waals surface area contributed by atoms with Crippen LogP contribution in [0.25, 0.3) is 0 Å². The van der Waals surface area contributed by atoms with E-state index in [0.717, 1.165) is 29.9 Å². The van der Waals surface area contributed by atoms with Crippen molar-refractivity contribution in [1.82, 2.24) is 9.88 Å². The van der Waals surface area contributed by atoms with Crippen LogP contribution in [0.1, 0.15) is 38.0 Å². The molecule has 4 heteroatoms. The summed E-state index contributed by atoms with van der Waals surface area (Å²) < 4.78 is 6.80. The van der Waals surface area contributed by atoms with E-state index in [1.807, 2.05) is 6.20 Å². The summed E-state index contributed by atoms with van der Waals surface area (Å²) in [5.74, 6) is 0. The standard InChI is InChI=1S/C14H21BrN2O/c1-10-7-11(8-16-13(10)15)12-9-17(5-6-18-12)14(2,3)4/h7-8,12H,5-6,9H2,1-4H3. The highest BCUT2D eigenvalue weighted by Crippen LogP contribution is 2.27. The third kappa shape index (κ3) is 3.11. The highest BCUT2D eigenvalue weighted by molar-refractivity contribution is 9.10. The summed E-state index contributed by atoms with van der Waals surface area (Å²) in [6, 6.07) is 2.16. The molecule has 1 unspecified atom stereocenters. The number of nitrogens with zero attached hydrogens (tertiary/aromatic N) is 2. The molecule has 100 valence electrons. The topological polar surface area (TPSA) is 25.4 Å². The van der Waals surface area contributed by atoms with E-state index in [-0.39, 0.29) is 11.6 Å². The average Bonchev–Trinajstić information content (AvgIpc) is 2.32. The fourth-order valence-corrected chi connectivity index (χ4v) is 2.43. The molecule has 0 saturated carbocycles. The van der Waals surface area contributed by atoms with E-state index in [2.05, 4.69) is 59.6 Å². The van der Waals surface area contributed by atoms with Gasteiger partial charge in [-0.3, -0.25) is 4.90 Å². The maximum atomic E-state index is 5.89. The largest absolute Gasteiger partial charge is 0.371 e. The number of aromatic nitrogens is 1. The van der Waals surface area contributed by atoms with Crippen molar-refractivity contribution >= 4 is 15.9 Å². The summed E-state index contributed by atoms with van der Waals surface area (Å²) in [4.78, 5) is 6.83. The van der Waals surface area contributed by atoms with Crippen molar-refractivity contribution in [1.29, 1.82) is 0 Å². The first-order valence-electron chi connectivity index (χ1n) is 6.36. The SMILES string of the molecule is Cc1cc(C2CN(C(C)(C)C)CCO2)cnc1Br. The van der Waals surface area contributed by atoms with E-state index in [1.165, 1.54) is 5.56 Å². The van der Waals surface area contributed by atoms with Crippen molar-refractivity contribution in [3.8, 4) is 0 Å². The number of morpholine rings is 1. The van der Waals surface area contributed by atoms with Gasteiger partial charge in [0.15, 0.2) is 0 Å². The molecule has 0 bridgehead atoms. The van der Waals surface area contributed by atoms with Crippen LogP contribution in [0, 0.1) is 6.92 Å². The van der Waals surface area contributed by atoms with Gasteiger partial charge in [-0.05, 0) is 55.3 Å². The molecule has 1 aliphatic rings. The van der Waals surface area contributed by atoms with E-state index in [4.69, 9.17) is 4.74 Å². The minimum Gasteiger partial charge on any atom is -0.371 e. The third-order valence-corrected chi connectivity index (χ3v) is 4.25. The first kappa shape index (κ1) is 14.0. The molecule has 1 aromatic heterocycles. The highest BCUT2D eigenvalue weighted by Gasteiger charge is 2.29. The number of ether oxygens (including phenoxy) is 1. The molecule has 0 radical (unpaired) electrons. The molecule has 1 fully saturated rings. The lowest BCUT2D eigenvalue weighted by Crippen LogP contribution is -2.48. The molecule has 3 nitrogen and oxygen atoms in total. The number of halogens is 1. The molecule has 1 saturated heterocycles. The van der Waals surface area contributed by atoms with Crippen LogP contribution in [0.5, 0.6) is 0 Å². The Morgan fingerprint density at radius 1 is 1.44 bits per heavy atom. The number of pyridine rings is 1. The van der Waals surface area contributed by atoms with Gasteiger partial charge >= 0.3 is 0 Å². The fraction of sp³-hybridized carbons (Fsp3) is 0.643. The monoisotopic (exact) mass is 312 g/mol. The van der Waals surface area contributed by atoms with Crippen LogP contribution >= 0.6 is 15.9 Å². The molecule has 1 atom stereocenters. The Balaban J connectivity index is 2.15. The molecule has 0 amide bonds. The lowest BCUT2D eigenvalue weighted by atomic mass is 10.0. The molecule has 1 aliphatic heterocycles. The number of hydrogen-bond acceptors (Lipinski definition) is 3. The Hall–Kier alpha value is -0.450. The van der Waals surface area contributed by atoms with Crippen molar-refractivity contribution in [2.24, 2.45) is 0 Å². The molecule has 18 heavy (non-hydrogen) atoms. The number of hydrogen-bond donors (Lipinski definition) is 0. The third-order valence-electron chi connectivity index (χ3n) is 3.42. The molecule has 0 N–H and O–H groups in total. The fourth-order valence-electron chi connectivity index (χ4n) is 2.22. The van der Waals surface area contributed by atoms with Gasteiger partial charge < -0.3 is 4.74 Å². The van der Waals surface area contributed by atoms with E-state index >= 15 is 0 Å². The molecular weight excluding hydrogens is 292 g/mol. The van der Waals surface area contributed by atoms with Crippen molar-refractivity contribution in [3.05, 3.63) is 28.0 Å². The Kier molecular flexibility index (Phi) is 4.09. The Morgan fingerprint density at radius 3 is 2.78 bits per heavy atom. The van der Waals surface area contributed by atoms with Gasteiger partial charge in [0, 0.05) is 30.4 Å². The molecular formula is C14H21BrN2O. The normalized spacial score (nSPS) is 22.2. The summed E-state index contributed by atoms with van der Waals surface area (Å²) >= 11 is 3.43. The molecule has 0 aliphatic carbocycles. The maximum absolute atomic E-state index is 5.89. The Morgan fingerprint density at radius 2 is 2.17 bits per heavy atom. The van der Waals surface area contributed by atoms with Crippen LogP contribution in [-0.4, -0.2) is 35.1 Å². The molecule has 0 aromatic carbocycles. The zero-order valence-electron chi connectivity index (χ0n) is 11.5. The van der Waals surface area contributed by atoms with Gasteiger partial charge in [0.1, 0.15) is 4.60 Å². The van der Waals surface area contributed by atoms with Gasteiger partial charge in [0.25, 0.3) is 0 Å². The minimum atomic E-state index is 0.136. The van der Waals surface area contributed by atoms with Gasteiger partial charge in [-0.15, -0.1) is 0 Å². The second-order valence-corrected chi connectivity index (χ2v) is 6.60. The number of aryl methyl sites for hydroxylation is 1. The predicted octanol–water partition coefficient (Wildman–Crippen LogP) is 3.32. The van der Waals surface area contributed by atoms with Gasteiger partial charge in [-0.2, -0.15) is 0 Å². The van der Waals surface area contributed by atoms with Crippen LogP contribution in [0.3, 0.4) is 0 Å². The Labute approximate surface area is 118 Å². The Bertz CT molecular complexity index is 428. The molecule has 1 aromatic rings. The first-order chi connectivity index (χ1) is 8.38. The van der Waals surface area contributed by atoms with Crippen LogP contribution in [0.15, 0.2) is 16.9 Å². The van der Waals surface area contributed by atoms with Gasteiger partial charge in [0.05, 0.1) is 12.7 Å². The van der Waals surface area contributed by atoms with E-state index in [0.29, 0.717) is 0 Å². The predicted molar refractivity (Wildman–Crippen MR) is 76.7 cm³/mol. The second kappa shape index (κ2) is 5.27. The van der Waals surface area contributed by atoms with Crippen molar-refractivity contribution in [3.63, 3.8) is 0 Å². The maximum Gasteiger partial charge on any atom is 0.108 e. The first-order valence-corrected chi connectivity index (χ1v) is 7.16. The zero-order chi connectivity index (χ0) is 13.3. The van der Waals surface area contributed by atoms with E-state index < -0.39 is 0 Å². The average molecular weight is 313 g/mol. The summed E-state index contributed by atoms with van der Waals surface area (Å²) in [5.41, 5.74) is 2.52. The zero-order valence-corrected chi connectivity index (χ0v) is 13.1. The minimum absolute atomic E-state index is 0.136. The van der Waals surface area contributed by atoms with Crippen molar-refractivity contribution in [2.75, 3.05) is 19.7 Å². The number of rotatable bonds is 1. The summed E-state index contributed by atoms with van der Waals surface area (Å²) in [7, 11) is 0. The van der Waals surface area contributed by atoms with Gasteiger partial charge in [0.2, 0.25) is 0 Å². The van der Waals surface area contributed by atoms with Crippen LogP contribution in [0.4, 0.5) is 0 Å². The highest BCUT2D eigenvalue weighted by atomic mass is 79.9. The quantitative estimate of drug-likeness (QED) is 0.744. The van der Waals surface area contributed by atoms with Crippen LogP contribution in [-0.2, 0) is 4.74 Å². The lowest BCUT2D eigenvalue weighted by Gasteiger charge is -2.41. The van der Waals surface area contributed by atoms with E-state index in [1.54, 1.807) is 0 Å². The van der Waals surface area contributed by atoms with Crippen LogP contribution < -0.4 is 0 Å². The molecule has 0 spiro atoms. The van der Waals surface area contributed by atoms with Crippen molar-refractivity contribution in [2.45, 2.75) is 39.3 Å². The van der Waals surface area contributed by atoms with E-state index in [9.17, 15) is 0 Å². The second-order valence-electron chi connectivity index (χ2n) is 5.85. The van der Waals surface area contributed by atoms with Gasteiger partial charge in [-0.25, -0.2) is 4.98 Å².